The van der Waals surface area contributed by atoms with Crippen LogP contribution in [0.25, 0.3) is 5.57 Å². The van der Waals surface area contributed by atoms with Crippen molar-refractivity contribution in [3.8, 4) is 0 Å². The molecular formula is C26H30F3N. The molecule has 0 bridgehead atoms. The first-order valence-corrected chi connectivity index (χ1v) is 11.2. The van der Waals surface area contributed by atoms with Crippen molar-refractivity contribution in [2.75, 3.05) is 0 Å². The molecular weight excluding hydrogens is 383 g/mol. The second-order valence-corrected chi connectivity index (χ2v) is 9.11. The molecule has 0 spiro atoms. The average molecular weight is 414 g/mol. The molecule has 1 aromatic rings. The Balaban J connectivity index is 1.40. The van der Waals surface area contributed by atoms with Gasteiger partial charge in [0, 0.05) is 23.3 Å². The molecule has 1 saturated carbocycles. The zero-order valence-electron chi connectivity index (χ0n) is 17.6. The average Bonchev–Trinajstić information content (AvgIpc) is 2.77. The summed E-state index contributed by atoms with van der Waals surface area (Å²) in [5.74, 6) is 0.214. The van der Waals surface area contributed by atoms with Gasteiger partial charge in [-0.2, -0.15) is 0 Å². The normalized spacial score (nSPS) is 31.8. The van der Waals surface area contributed by atoms with Gasteiger partial charge in [-0.3, -0.25) is 4.99 Å². The number of benzene rings is 1. The first-order valence-electron chi connectivity index (χ1n) is 11.2. The lowest BCUT2D eigenvalue weighted by molar-refractivity contribution is 0.244. The molecule has 4 rings (SSSR count). The first kappa shape index (κ1) is 21.1. The van der Waals surface area contributed by atoms with E-state index >= 15 is 0 Å². The third kappa shape index (κ3) is 4.33. The molecule has 1 nitrogen and oxygen atoms in total. The van der Waals surface area contributed by atoms with Crippen molar-refractivity contribution < 1.29 is 13.2 Å². The molecule has 1 aromatic carbocycles. The van der Waals surface area contributed by atoms with Gasteiger partial charge in [0.05, 0.1) is 6.04 Å². The Bertz CT molecular complexity index is 867. The zero-order chi connectivity index (χ0) is 21.3. The molecule has 3 aliphatic rings. The van der Waals surface area contributed by atoms with Crippen LogP contribution in [0.2, 0.25) is 0 Å². The molecule has 30 heavy (non-hydrogen) atoms. The molecule has 3 unspecified atom stereocenters. The van der Waals surface area contributed by atoms with Gasteiger partial charge >= 0.3 is 0 Å². The van der Waals surface area contributed by atoms with Gasteiger partial charge in [-0.25, -0.2) is 13.2 Å². The smallest absolute Gasteiger partial charge is 0.129 e. The molecule has 0 saturated heterocycles. The van der Waals surface area contributed by atoms with Crippen LogP contribution in [0.1, 0.15) is 56.1 Å². The summed E-state index contributed by atoms with van der Waals surface area (Å²) in [6, 6.07) is 2.51. The van der Waals surface area contributed by atoms with Gasteiger partial charge in [0.15, 0.2) is 0 Å². The van der Waals surface area contributed by atoms with E-state index in [0.29, 0.717) is 24.2 Å². The van der Waals surface area contributed by atoms with Crippen molar-refractivity contribution in [3.63, 3.8) is 0 Å². The van der Waals surface area contributed by atoms with Crippen LogP contribution in [0.5, 0.6) is 0 Å². The summed E-state index contributed by atoms with van der Waals surface area (Å²) in [6.45, 7) is 5.30. The lowest BCUT2D eigenvalue weighted by Crippen LogP contribution is -2.29. The van der Waals surface area contributed by atoms with Gasteiger partial charge in [0.1, 0.15) is 17.5 Å². The van der Waals surface area contributed by atoms with E-state index in [0.717, 1.165) is 12.8 Å². The molecule has 3 atom stereocenters. The molecule has 160 valence electrons. The zero-order valence-corrected chi connectivity index (χ0v) is 17.6. The van der Waals surface area contributed by atoms with Crippen LogP contribution in [0.4, 0.5) is 13.2 Å². The number of allylic oxidation sites excluding steroid dienone is 4. The van der Waals surface area contributed by atoms with Crippen molar-refractivity contribution in [1.29, 1.82) is 0 Å². The van der Waals surface area contributed by atoms with Gasteiger partial charge < -0.3 is 0 Å². The highest BCUT2D eigenvalue weighted by molar-refractivity contribution is 5.78. The summed E-state index contributed by atoms with van der Waals surface area (Å²) >= 11 is 0. The lowest BCUT2D eigenvalue weighted by atomic mass is 9.73. The third-order valence-corrected chi connectivity index (χ3v) is 7.32. The molecule has 0 N–H and O–H groups in total. The van der Waals surface area contributed by atoms with E-state index in [-0.39, 0.29) is 28.7 Å². The second kappa shape index (κ2) is 8.95. The maximum Gasteiger partial charge on any atom is 0.129 e. The van der Waals surface area contributed by atoms with E-state index < -0.39 is 17.5 Å². The number of hydrogen-bond acceptors (Lipinski definition) is 1. The standard InChI is InChI=1S/C26H30F3N/c1-3-17-4-6-18(7-5-17)20-9-11-26(30-15-20)19-8-10-22(25(29)12-19)21-13-23(27)16(2)24(28)14-21/h3,10,12-15,17-20,26H,1,4-9,11H2,2H3. The van der Waals surface area contributed by atoms with Crippen molar-refractivity contribution in [1.82, 2.24) is 0 Å². The van der Waals surface area contributed by atoms with Crippen LogP contribution in [0.15, 0.2) is 47.8 Å². The fraction of sp³-hybridized carbons (Fsp3) is 0.500. The minimum Gasteiger partial charge on any atom is -0.293 e. The Hall–Kier alpha value is -2.10. The summed E-state index contributed by atoms with van der Waals surface area (Å²) in [5, 5.41) is 0. The van der Waals surface area contributed by atoms with Crippen LogP contribution in [0, 0.1) is 42.2 Å². The third-order valence-electron chi connectivity index (χ3n) is 7.32. The monoisotopic (exact) mass is 413 g/mol. The molecule has 1 fully saturated rings. The lowest BCUT2D eigenvalue weighted by Gasteiger charge is -2.35. The molecule has 2 aliphatic carbocycles. The van der Waals surface area contributed by atoms with E-state index in [9.17, 15) is 13.2 Å². The largest absolute Gasteiger partial charge is 0.293 e. The molecule has 0 amide bonds. The van der Waals surface area contributed by atoms with Crippen LogP contribution in [-0.2, 0) is 0 Å². The van der Waals surface area contributed by atoms with Crippen molar-refractivity contribution in [2.24, 2.45) is 28.7 Å². The van der Waals surface area contributed by atoms with Gasteiger partial charge in [0.2, 0.25) is 0 Å². The summed E-state index contributed by atoms with van der Waals surface area (Å²) in [7, 11) is 0. The van der Waals surface area contributed by atoms with Gasteiger partial charge in [-0.1, -0.05) is 12.2 Å². The maximum atomic E-state index is 14.8. The summed E-state index contributed by atoms with van der Waals surface area (Å²) in [5.41, 5.74) is 0.493. The number of aliphatic imine (C=N–C) groups is 1. The molecule has 1 heterocycles. The fourth-order valence-corrected chi connectivity index (χ4v) is 5.25. The van der Waals surface area contributed by atoms with Crippen LogP contribution >= 0.6 is 0 Å². The fourth-order valence-electron chi connectivity index (χ4n) is 5.25. The van der Waals surface area contributed by atoms with Crippen molar-refractivity contribution >= 4 is 11.8 Å². The van der Waals surface area contributed by atoms with E-state index in [2.05, 4.69) is 18.9 Å². The number of rotatable bonds is 4. The molecule has 1 aliphatic heterocycles. The first-order chi connectivity index (χ1) is 14.5. The second-order valence-electron chi connectivity index (χ2n) is 9.11. The molecule has 0 radical (unpaired) electrons. The SMILES string of the molecule is C=CC1CCC(C2C=NC(C3C=C(F)C(c4cc(F)c(C)c(F)c4)=CC3)CC2)CC1. The number of hydrogen-bond donors (Lipinski definition) is 0. The molecule has 0 aromatic heterocycles. The highest BCUT2D eigenvalue weighted by Gasteiger charge is 2.31. The van der Waals surface area contributed by atoms with E-state index in [1.165, 1.54) is 44.7 Å². The number of halogens is 3. The Morgan fingerprint density at radius 2 is 1.67 bits per heavy atom. The van der Waals surface area contributed by atoms with Crippen LogP contribution < -0.4 is 0 Å². The van der Waals surface area contributed by atoms with Crippen molar-refractivity contribution in [2.45, 2.75) is 57.9 Å². The summed E-state index contributed by atoms with van der Waals surface area (Å²) in [4.78, 5) is 4.82. The summed E-state index contributed by atoms with van der Waals surface area (Å²) in [6.07, 6.45) is 15.2. The summed E-state index contributed by atoms with van der Waals surface area (Å²) < 4.78 is 42.6. The highest BCUT2D eigenvalue weighted by atomic mass is 19.1. The Labute approximate surface area is 177 Å². The van der Waals surface area contributed by atoms with E-state index in [1.54, 1.807) is 12.2 Å². The van der Waals surface area contributed by atoms with E-state index in [1.807, 2.05) is 0 Å². The Morgan fingerprint density at radius 3 is 2.23 bits per heavy atom. The van der Waals surface area contributed by atoms with Crippen LogP contribution in [-0.4, -0.2) is 12.3 Å². The van der Waals surface area contributed by atoms with Gasteiger partial charge in [-0.05, 0) is 93.4 Å². The maximum absolute atomic E-state index is 14.8. The van der Waals surface area contributed by atoms with Gasteiger partial charge in [-0.15, -0.1) is 6.58 Å². The highest BCUT2D eigenvalue weighted by Crippen LogP contribution is 2.40. The Kier molecular flexibility index (Phi) is 6.31. The Morgan fingerprint density at radius 1 is 0.967 bits per heavy atom. The molecule has 4 heteroatoms. The predicted octanol–water partition coefficient (Wildman–Crippen LogP) is 7.37. The van der Waals surface area contributed by atoms with Gasteiger partial charge in [0.25, 0.3) is 0 Å². The minimum absolute atomic E-state index is 0.00240. The van der Waals surface area contributed by atoms with Crippen molar-refractivity contribution in [3.05, 3.63) is 65.5 Å². The minimum atomic E-state index is -0.647. The number of nitrogens with zero attached hydrogens (tertiary/aromatic N) is 1. The predicted molar refractivity (Wildman–Crippen MR) is 117 cm³/mol. The van der Waals surface area contributed by atoms with E-state index in [4.69, 9.17) is 4.99 Å². The topological polar surface area (TPSA) is 12.4 Å². The van der Waals surface area contributed by atoms with Crippen LogP contribution in [0.3, 0.4) is 0 Å². The quantitative estimate of drug-likeness (QED) is 0.457.